The van der Waals surface area contributed by atoms with Crippen LogP contribution in [-0.4, -0.2) is 39.2 Å². The van der Waals surface area contributed by atoms with Gasteiger partial charge in [0.15, 0.2) is 0 Å². The molecule has 96 valence electrons. The summed E-state index contributed by atoms with van der Waals surface area (Å²) >= 11 is 3.19. The second kappa shape index (κ2) is 6.73. The van der Waals surface area contributed by atoms with Gasteiger partial charge < -0.3 is 15.5 Å². The van der Waals surface area contributed by atoms with Crippen molar-refractivity contribution in [3.8, 4) is 0 Å². The normalized spacial score (nSPS) is 10.9. The molecular weight excluding hydrogens is 290 g/mol. The number of aromatic nitrogens is 2. The maximum Gasteiger partial charge on any atom is 0.283 e. The van der Waals surface area contributed by atoms with E-state index in [0.29, 0.717) is 16.7 Å². The first kappa shape index (κ1) is 14.1. The van der Waals surface area contributed by atoms with Crippen molar-refractivity contribution in [2.75, 3.05) is 18.5 Å². The van der Waals surface area contributed by atoms with Crippen LogP contribution in [0, 0.1) is 0 Å². The summed E-state index contributed by atoms with van der Waals surface area (Å²) in [5.74, 6) is 0. The molecule has 0 aliphatic rings. The van der Waals surface area contributed by atoms with Crippen molar-refractivity contribution in [1.29, 1.82) is 0 Å². The quantitative estimate of drug-likeness (QED) is 0.698. The number of nitrogens with zero attached hydrogens (tertiary/aromatic N) is 2. The standard InChI is InChI=1S/C10H16BrN3O3/c1-2-3-14-10(17)9(11)8(4-12-14)13-7(5-15)6-16/h4,7,13,15-16H,2-3,5-6H2,1H3. The summed E-state index contributed by atoms with van der Waals surface area (Å²) in [6.07, 6.45) is 2.32. The van der Waals surface area contributed by atoms with Crippen LogP contribution in [0.25, 0.3) is 0 Å². The van der Waals surface area contributed by atoms with Crippen molar-refractivity contribution in [2.24, 2.45) is 0 Å². The summed E-state index contributed by atoms with van der Waals surface area (Å²) in [7, 11) is 0. The molecule has 0 aromatic carbocycles. The molecule has 0 bridgehead atoms. The van der Waals surface area contributed by atoms with E-state index in [0.717, 1.165) is 6.42 Å². The Bertz CT molecular complexity index is 418. The van der Waals surface area contributed by atoms with Crippen molar-refractivity contribution in [2.45, 2.75) is 25.9 Å². The Kier molecular flexibility index (Phi) is 5.60. The first-order valence-electron chi connectivity index (χ1n) is 5.37. The number of aliphatic hydroxyl groups is 2. The largest absolute Gasteiger partial charge is 0.394 e. The molecule has 0 aliphatic carbocycles. The topological polar surface area (TPSA) is 87.4 Å². The number of hydrogen-bond donors (Lipinski definition) is 3. The smallest absolute Gasteiger partial charge is 0.283 e. The van der Waals surface area contributed by atoms with Gasteiger partial charge in [-0.1, -0.05) is 6.92 Å². The third-order valence-corrected chi connectivity index (χ3v) is 2.99. The summed E-state index contributed by atoms with van der Waals surface area (Å²) in [5.41, 5.74) is 0.238. The van der Waals surface area contributed by atoms with Crippen LogP contribution < -0.4 is 10.9 Å². The zero-order valence-corrected chi connectivity index (χ0v) is 11.1. The van der Waals surface area contributed by atoms with Gasteiger partial charge >= 0.3 is 0 Å². The van der Waals surface area contributed by atoms with Crippen molar-refractivity contribution in [3.63, 3.8) is 0 Å². The van der Waals surface area contributed by atoms with Crippen LogP contribution in [-0.2, 0) is 6.54 Å². The van der Waals surface area contributed by atoms with Crippen LogP contribution in [0.1, 0.15) is 13.3 Å². The number of aliphatic hydroxyl groups excluding tert-OH is 2. The summed E-state index contributed by atoms with van der Waals surface area (Å²) in [6.45, 7) is 2.07. The van der Waals surface area contributed by atoms with E-state index in [-0.39, 0.29) is 18.8 Å². The molecule has 0 radical (unpaired) electrons. The fourth-order valence-corrected chi connectivity index (χ4v) is 1.73. The number of anilines is 1. The lowest BCUT2D eigenvalue weighted by atomic mass is 10.3. The summed E-state index contributed by atoms with van der Waals surface area (Å²) < 4.78 is 1.72. The number of halogens is 1. The Morgan fingerprint density at radius 2 is 2.18 bits per heavy atom. The van der Waals surface area contributed by atoms with Crippen molar-refractivity contribution >= 4 is 21.6 Å². The van der Waals surface area contributed by atoms with Crippen molar-refractivity contribution < 1.29 is 10.2 Å². The van der Waals surface area contributed by atoms with E-state index in [9.17, 15) is 4.79 Å². The fraction of sp³-hybridized carbons (Fsp3) is 0.600. The highest BCUT2D eigenvalue weighted by Crippen LogP contribution is 2.17. The number of rotatable bonds is 6. The van der Waals surface area contributed by atoms with Crippen LogP contribution in [0.3, 0.4) is 0 Å². The average Bonchev–Trinajstić information content (AvgIpc) is 2.34. The van der Waals surface area contributed by atoms with Gasteiger partial charge in [-0.2, -0.15) is 5.10 Å². The minimum Gasteiger partial charge on any atom is -0.394 e. The molecule has 1 aromatic rings. The van der Waals surface area contributed by atoms with Crippen LogP contribution in [0.5, 0.6) is 0 Å². The van der Waals surface area contributed by atoms with Crippen molar-refractivity contribution in [3.05, 3.63) is 21.0 Å². The third-order valence-electron chi connectivity index (χ3n) is 2.22. The Labute approximate surface area is 107 Å². The molecule has 0 spiro atoms. The first-order valence-corrected chi connectivity index (χ1v) is 6.17. The van der Waals surface area contributed by atoms with Gasteiger partial charge in [-0.25, -0.2) is 4.68 Å². The molecule has 0 amide bonds. The van der Waals surface area contributed by atoms with Crippen LogP contribution >= 0.6 is 15.9 Å². The molecule has 6 nitrogen and oxygen atoms in total. The molecule has 1 rings (SSSR count). The number of nitrogens with one attached hydrogen (secondary N) is 1. The minimum absolute atomic E-state index is 0.221. The Balaban J connectivity index is 2.96. The first-order chi connectivity index (χ1) is 8.13. The monoisotopic (exact) mass is 305 g/mol. The highest BCUT2D eigenvalue weighted by Gasteiger charge is 2.12. The lowest BCUT2D eigenvalue weighted by Gasteiger charge is -2.16. The van der Waals surface area contributed by atoms with Gasteiger partial charge in [0.2, 0.25) is 0 Å². The lowest BCUT2D eigenvalue weighted by Crippen LogP contribution is -2.30. The second-order valence-electron chi connectivity index (χ2n) is 3.61. The number of hydrogen-bond acceptors (Lipinski definition) is 5. The maximum atomic E-state index is 11.8. The van der Waals surface area contributed by atoms with E-state index in [1.807, 2.05) is 6.92 Å². The molecule has 1 aromatic heterocycles. The molecule has 0 fully saturated rings. The van der Waals surface area contributed by atoms with Gasteiger partial charge in [0.25, 0.3) is 5.56 Å². The fourth-order valence-electron chi connectivity index (χ4n) is 1.31. The van der Waals surface area contributed by atoms with E-state index in [1.54, 1.807) is 0 Å². The summed E-state index contributed by atoms with van der Waals surface area (Å²) in [6, 6.07) is -0.505. The Morgan fingerprint density at radius 1 is 1.53 bits per heavy atom. The third kappa shape index (κ3) is 3.52. The highest BCUT2D eigenvalue weighted by molar-refractivity contribution is 9.10. The zero-order valence-electron chi connectivity index (χ0n) is 9.56. The van der Waals surface area contributed by atoms with Crippen LogP contribution in [0.2, 0.25) is 0 Å². The molecule has 0 saturated carbocycles. The molecular formula is C10H16BrN3O3. The zero-order chi connectivity index (χ0) is 12.8. The Morgan fingerprint density at radius 3 is 2.71 bits per heavy atom. The van der Waals surface area contributed by atoms with Gasteiger partial charge in [-0.15, -0.1) is 0 Å². The lowest BCUT2D eigenvalue weighted by molar-refractivity contribution is 0.204. The molecule has 0 atom stereocenters. The number of aryl methyl sites for hydroxylation is 1. The van der Waals surface area contributed by atoms with E-state index in [4.69, 9.17) is 10.2 Å². The van der Waals surface area contributed by atoms with Crippen LogP contribution in [0.4, 0.5) is 5.69 Å². The Hall–Kier alpha value is -0.920. The highest BCUT2D eigenvalue weighted by atomic mass is 79.9. The molecule has 1 heterocycles. The van der Waals surface area contributed by atoms with E-state index in [1.165, 1.54) is 10.9 Å². The van der Waals surface area contributed by atoms with Gasteiger partial charge in [-0.05, 0) is 22.4 Å². The minimum atomic E-state index is -0.505. The van der Waals surface area contributed by atoms with Gasteiger partial charge in [-0.3, -0.25) is 4.79 Å². The maximum absolute atomic E-state index is 11.8. The molecule has 0 aliphatic heterocycles. The summed E-state index contributed by atoms with van der Waals surface area (Å²) in [4.78, 5) is 11.8. The van der Waals surface area contributed by atoms with E-state index in [2.05, 4.69) is 26.3 Å². The van der Waals surface area contributed by atoms with Gasteiger partial charge in [0.1, 0.15) is 4.47 Å². The summed E-state index contributed by atoms with van der Waals surface area (Å²) in [5, 5.41) is 24.7. The van der Waals surface area contributed by atoms with Gasteiger partial charge in [0.05, 0.1) is 31.1 Å². The molecule has 7 heteroatoms. The second-order valence-corrected chi connectivity index (χ2v) is 4.40. The van der Waals surface area contributed by atoms with Crippen molar-refractivity contribution in [1.82, 2.24) is 9.78 Å². The predicted octanol–water partition coefficient (Wildman–Crippen LogP) is 0.181. The van der Waals surface area contributed by atoms with E-state index < -0.39 is 6.04 Å². The molecule has 3 N–H and O–H groups in total. The average molecular weight is 306 g/mol. The molecule has 17 heavy (non-hydrogen) atoms. The molecule has 0 unspecified atom stereocenters. The molecule has 0 saturated heterocycles. The SMILES string of the molecule is CCCn1ncc(NC(CO)CO)c(Br)c1=O. The van der Waals surface area contributed by atoms with Crippen LogP contribution in [0.15, 0.2) is 15.5 Å². The van der Waals surface area contributed by atoms with Gasteiger partial charge in [0, 0.05) is 6.54 Å². The van der Waals surface area contributed by atoms with E-state index >= 15 is 0 Å². The predicted molar refractivity (Wildman–Crippen MR) is 68.1 cm³/mol.